The summed E-state index contributed by atoms with van der Waals surface area (Å²) >= 11 is 0. The van der Waals surface area contributed by atoms with Crippen molar-refractivity contribution in [1.82, 2.24) is 15.1 Å². The van der Waals surface area contributed by atoms with Gasteiger partial charge >= 0.3 is 0 Å². The number of carbonyl (C=O) groups is 2. The number of aromatic nitrogens is 2. The quantitative estimate of drug-likeness (QED) is 0.563. The van der Waals surface area contributed by atoms with Crippen LogP contribution in [0.4, 0.5) is 5.82 Å². The van der Waals surface area contributed by atoms with Gasteiger partial charge in [0.1, 0.15) is 5.75 Å². The van der Waals surface area contributed by atoms with Gasteiger partial charge in [0, 0.05) is 24.7 Å². The van der Waals surface area contributed by atoms with Crippen LogP contribution in [0.25, 0.3) is 12.2 Å². The van der Waals surface area contributed by atoms with Crippen molar-refractivity contribution in [2.75, 3.05) is 25.5 Å². The molecule has 0 fully saturated rings. The maximum Gasteiger partial charge on any atom is 0.256 e. The zero-order valence-corrected chi connectivity index (χ0v) is 17.0. The van der Waals surface area contributed by atoms with E-state index in [4.69, 9.17) is 10.5 Å². The third kappa shape index (κ3) is 5.11. The van der Waals surface area contributed by atoms with Crippen molar-refractivity contribution >= 4 is 29.8 Å². The van der Waals surface area contributed by atoms with Gasteiger partial charge < -0.3 is 21.1 Å². The number of rotatable bonds is 9. The fraction of sp³-hybridized carbons (Fsp3) is 0.286. The number of nitrogens with zero attached hydrogens (tertiary/aromatic N) is 2. The molecule has 29 heavy (non-hydrogen) atoms. The molecule has 0 atom stereocenters. The fourth-order valence-corrected chi connectivity index (χ4v) is 2.81. The lowest BCUT2D eigenvalue weighted by Crippen LogP contribution is -2.26. The first-order valence-corrected chi connectivity index (χ1v) is 9.26. The Morgan fingerprint density at radius 1 is 1.34 bits per heavy atom. The fourth-order valence-electron chi connectivity index (χ4n) is 2.81. The second-order valence-electron chi connectivity index (χ2n) is 6.24. The summed E-state index contributed by atoms with van der Waals surface area (Å²) in [5, 5.41) is 9.91. The molecule has 0 saturated heterocycles. The SMILES string of the molecule is C=Cc1c(NC(=O)c2ccc(OC)c(C(=O)NCCCN)c2)nn(C)c1/C=C\C. The second-order valence-corrected chi connectivity index (χ2v) is 6.24. The largest absolute Gasteiger partial charge is 0.496 e. The molecule has 154 valence electrons. The van der Waals surface area contributed by atoms with Gasteiger partial charge in [0.25, 0.3) is 11.8 Å². The van der Waals surface area contributed by atoms with E-state index in [2.05, 4.69) is 22.3 Å². The molecule has 0 aliphatic rings. The lowest BCUT2D eigenvalue weighted by atomic mass is 10.1. The van der Waals surface area contributed by atoms with Crippen LogP contribution >= 0.6 is 0 Å². The maximum absolute atomic E-state index is 12.8. The molecule has 0 aliphatic carbocycles. The Hall–Kier alpha value is -3.39. The van der Waals surface area contributed by atoms with Crippen LogP contribution in [0, 0.1) is 0 Å². The van der Waals surface area contributed by atoms with Gasteiger partial charge in [-0.2, -0.15) is 5.10 Å². The Morgan fingerprint density at radius 2 is 2.10 bits per heavy atom. The number of amides is 2. The maximum atomic E-state index is 12.8. The lowest BCUT2D eigenvalue weighted by molar-refractivity contribution is 0.0950. The summed E-state index contributed by atoms with van der Waals surface area (Å²) in [7, 11) is 3.26. The summed E-state index contributed by atoms with van der Waals surface area (Å²) in [6, 6.07) is 4.67. The molecule has 0 unspecified atom stereocenters. The van der Waals surface area contributed by atoms with Gasteiger partial charge in [0.05, 0.1) is 18.4 Å². The summed E-state index contributed by atoms with van der Waals surface area (Å²) < 4.78 is 6.92. The average Bonchev–Trinajstić information content (AvgIpc) is 3.01. The zero-order chi connectivity index (χ0) is 21.4. The molecular formula is C21H27N5O3. The highest BCUT2D eigenvalue weighted by atomic mass is 16.5. The van der Waals surface area contributed by atoms with Gasteiger partial charge in [-0.15, -0.1) is 0 Å². The van der Waals surface area contributed by atoms with Gasteiger partial charge in [-0.3, -0.25) is 14.3 Å². The molecule has 0 spiro atoms. The molecule has 0 bridgehead atoms. The van der Waals surface area contributed by atoms with Crippen LogP contribution in [0.5, 0.6) is 5.75 Å². The van der Waals surface area contributed by atoms with E-state index >= 15 is 0 Å². The second kappa shape index (κ2) is 10.2. The number of anilines is 1. The summed E-state index contributed by atoms with van der Waals surface area (Å²) in [4.78, 5) is 25.2. The minimum atomic E-state index is -0.392. The predicted molar refractivity (Wildman–Crippen MR) is 115 cm³/mol. The van der Waals surface area contributed by atoms with Crippen LogP contribution < -0.4 is 21.1 Å². The zero-order valence-electron chi connectivity index (χ0n) is 17.0. The normalized spacial score (nSPS) is 10.8. The van der Waals surface area contributed by atoms with Crippen LogP contribution in [0.1, 0.15) is 45.3 Å². The van der Waals surface area contributed by atoms with E-state index in [-0.39, 0.29) is 11.5 Å². The van der Waals surface area contributed by atoms with Crippen molar-refractivity contribution in [3.8, 4) is 5.75 Å². The van der Waals surface area contributed by atoms with E-state index in [1.165, 1.54) is 13.2 Å². The molecular weight excluding hydrogens is 370 g/mol. The Labute approximate surface area is 170 Å². The van der Waals surface area contributed by atoms with Crippen molar-refractivity contribution in [3.05, 3.63) is 53.2 Å². The van der Waals surface area contributed by atoms with E-state index < -0.39 is 5.91 Å². The molecule has 0 radical (unpaired) electrons. The highest BCUT2D eigenvalue weighted by Gasteiger charge is 2.18. The number of benzene rings is 1. The first-order chi connectivity index (χ1) is 14.0. The van der Waals surface area contributed by atoms with E-state index in [1.54, 1.807) is 29.9 Å². The molecule has 4 N–H and O–H groups in total. The summed E-state index contributed by atoms with van der Waals surface area (Å²) in [6.07, 6.45) is 6.07. The van der Waals surface area contributed by atoms with Crippen molar-refractivity contribution in [3.63, 3.8) is 0 Å². The van der Waals surface area contributed by atoms with Crippen LogP contribution in [0.3, 0.4) is 0 Å². The first-order valence-electron chi connectivity index (χ1n) is 9.26. The Balaban J connectivity index is 2.30. The molecule has 8 nitrogen and oxygen atoms in total. The van der Waals surface area contributed by atoms with Crippen molar-refractivity contribution in [2.45, 2.75) is 13.3 Å². The Kier molecular flexibility index (Phi) is 7.73. The Bertz CT molecular complexity index is 931. The average molecular weight is 397 g/mol. The number of hydrogen-bond acceptors (Lipinski definition) is 5. The first kappa shape index (κ1) is 21.9. The van der Waals surface area contributed by atoms with E-state index in [0.29, 0.717) is 42.2 Å². The molecule has 8 heteroatoms. The van der Waals surface area contributed by atoms with Gasteiger partial charge in [0.15, 0.2) is 5.82 Å². The number of aryl methyl sites for hydroxylation is 1. The number of nitrogens with one attached hydrogen (secondary N) is 2. The summed E-state index contributed by atoms with van der Waals surface area (Å²) in [6.45, 7) is 6.63. The van der Waals surface area contributed by atoms with Crippen LogP contribution in [-0.4, -0.2) is 41.8 Å². The molecule has 2 aromatic rings. The molecule has 1 aromatic carbocycles. The van der Waals surface area contributed by atoms with E-state index in [1.807, 2.05) is 19.1 Å². The minimum Gasteiger partial charge on any atom is -0.496 e. The molecule has 0 saturated carbocycles. The number of carbonyl (C=O) groups excluding carboxylic acids is 2. The van der Waals surface area contributed by atoms with Crippen molar-refractivity contribution < 1.29 is 14.3 Å². The van der Waals surface area contributed by atoms with Gasteiger partial charge in [0.2, 0.25) is 0 Å². The number of nitrogens with two attached hydrogens (primary N) is 1. The van der Waals surface area contributed by atoms with Crippen LogP contribution in [0.2, 0.25) is 0 Å². The third-order valence-electron chi connectivity index (χ3n) is 4.26. The monoisotopic (exact) mass is 397 g/mol. The minimum absolute atomic E-state index is 0.275. The van der Waals surface area contributed by atoms with Crippen LogP contribution in [-0.2, 0) is 7.05 Å². The predicted octanol–water partition coefficient (Wildman–Crippen LogP) is 2.44. The molecule has 1 heterocycles. The van der Waals surface area contributed by atoms with Crippen molar-refractivity contribution in [2.24, 2.45) is 12.8 Å². The van der Waals surface area contributed by atoms with E-state index in [9.17, 15) is 9.59 Å². The molecule has 2 rings (SSSR count). The third-order valence-corrected chi connectivity index (χ3v) is 4.26. The highest BCUT2D eigenvalue weighted by molar-refractivity contribution is 6.07. The number of ether oxygens (including phenoxy) is 1. The van der Waals surface area contributed by atoms with Crippen LogP contribution in [0.15, 0.2) is 30.9 Å². The molecule has 0 aliphatic heterocycles. The number of methoxy groups -OCH3 is 1. The summed E-state index contributed by atoms with van der Waals surface area (Å²) in [5.74, 6) is 0.0546. The topological polar surface area (TPSA) is 111 Å². The molecule has 2 amide bonds. The summed E-state index contributed by atoms with van der Waals surface area (Å²) in [5.41, 5.74) is 7.58. The van der Waals surface area contributed by atoms with Crippen molar-refractivity contribution in [1.29, 1.82) is 0 Å². The van der Waals surface area contributed by atoms with Gasteiger partial charge in [-0.1, -0.05) is 18.7 Å². The number of hydrogen-bond donors (Lipinski definition) is 3. The standard InChI is InChI=1S/C21H27N5O3/c1-5-8-17-15(6-2)19(25-26(17)3)24-20(27)14-9-10-18(29-4)16(13-14)21(28)23-12-7-11-22/h5-6,8-10,13H,2,7,11-12,22H2,1,3-4H3,(H,23,28)(H,24,25,27)/b8-5-. The smallest absolute Gasteiger partial charge is 0.256 e. The highest BCUT2D eigenvalue weighted by Crippen LogP contribution is 2.24. The Morgan fingerprint density at radius 3 is 2.72 bits per heavy atom. The lowest BCUT2D eigenvalue weighted by Gasteiger charge is -2.11. The number of allylic oxidation sites excluding steroid dienone is 1. The van der Waals surface area contributed by atoms with Gasteiger partial charge in [-0.25, -0.2) is 0 Å². The molecule has 1 aromatic heterocycles. The van der Waals surface area contributed by atoms with E-state index in [0.717, 1.165) is 5.69 Å². The van der Waals surface area contributed by atoms with Gasteiger partial charge in [-0.05, 0) is 44.2 Å².